The molecule has 3 aromatic heterocycles. The molecule has 0 N–H and O–H groups in total. The van der Waals surface area contributed by atoms with Crippen LogP contribution < -0.4 is 0 Å². The van der Waals surface area contributed by atoms with Gasteiger partial charge in [0.15, 0.2) is 0 Å². The minimum absolute atomic E-state index is 0.148. The van der Waals surface area contributed by atoms with E-state index in [2.05, 4.69) is 316 Å². The molecular weight excluding hydrogens is 1090 g/mol. The maximum atomic E-state index is 5.44. The van der Waals surface area contributed by atoms with Crippen LogP contribution in [0, 0.1) is 0 Å². The third-order valence-corrected chi connectivity index (χ3v) is 20.0. The van der Waals surface area contributed by atoms with Gasteiger partial charge < -0.3 is 9.13 Å². The van der Waals surface area contributed by atoms with Gasteiger partial charge >= 0.3 is 0 Å². The van der Waals surface area contributed by atoms with Crippen molar-refractivity contribution in [3.63, 3.8) is 0 Å². The first-order valence-electron chi connectivity index (χ1n) is 31.4. The second kappa shape index (κ2) is 19.7. The first-order chi connectivity index (χ1) is 44.1. The van der Waals surface area contributed by atoms with Gasteiger partial charge in [-0.25, -0.2) is 9.97 Å². The molecule has 0 atom stereocenters. The number of benzene rings is 13. The highest BCUT2D eigenvalue weighted by Crippen LogP contribution is 2.53. The van der Waals surface area contributed by atoms with Crippen LogP contribution in [0.4, 0.5) is 0 Å². The summed E-state index contributed by atoms with van der Waals surface area (Å²) in [4.78, 5) is 10.9. The molecule has 0 aliphatic heterocycles. The molecule has 16 aromatic rings. The van der Waals surface area contributed by atoms with E-state index in [9.17, 15) is 0 Å². The summed E-state index contributed by atoms with van der Waals surface area (Å²) in [5, 5.41) is 4.99. The number of rotatable bonds is 8. The van der Waals surface area contributed by atoms with Crippen molar-refractivity contribution >= 4 is 54.6 Å². The van der Waals surface area contributed by atoms with Crippen LogP contribution in [0.2, 0.25) is 0 Å². The molecule has 0 spiro atoms. The van der Waals surface area contributed by atoms with Gasteiger partial charge in [0.25, 0.3) is 0 Å². The molecule has 0 fully saturated rings. The molecule has 0 bridgehead atoms. The van der Waals surface area contributed by atoms with Crippen LogP contribution in [0.3, 0.4) is 0 Å². The first-order valence-corrected chi connectivity index (χ1v) is 31.4. The van der Waals surface area contributed by atoms with Crippen LogP contribution >= 0.6 is 0 Å². The van der Waals surface area contributed by atoms with E-state index in [4.69, 9.17) is 9.97 Å². The predicted octanol–water partition coefficient (Wildman–Crippen LogP) is 22.4. The van der Waals surface area contributed by atoms with Crippen molar-refractivity contribution in [2.24, 2.45) is 0 Å². The molecule has 0 saturated heterocycles. The normalized spacial score (nSPS) is 13.5. The van der Waals surface area contributed by atoms with Gasteiger partial charge in [0.2, 0.25) is 0 Å². The Bertz CT molecular complexity index is 5200. The van der Waals surface area contributed by atoms with E-state index in [0.717, 1.165) is 67.2 Å². The van der Waals surface area contributed by atoms with Crippen molar-refractivity contribution in [2.75, 3.05) is 0 Å². The molecule has 2 aliphatic rings. The number of nitrogens with zero attached hydrogens (tertiary/aromatic N) is 4. The molecular formula is C86H60N4. The molecule has 0 radical (unpaired) electrons. The number of hydrogen-bond donors (Lipinski definition) is 0. The average molecular weight is 1150 g/mol. The maximum Gasteiger partial charge on any atom is 0.0973 e. The Labute approximate surface area is 523 Å². The van der Waals surface area contributed by atoms with Gasteiger partial charge in [-0.05, 0) is 162 Å². The van der Waals surface area contributed by atoms with E-state index in [-0.39, 0.29) is 10.8 Å². The highest BCUT2D eigenvalue weighted by Gasteiger charge is 2.37. The SMILES string of the molecule is CC1(C)c2ccccc2-c2ccc(-c3cc(-n4c5ccccc5c5ccccc54)ccc3-c3ccc(-c4nc5ccccc5nc4-c4ccc(-c5ccc(-n6c7ccccc7c7ccccc76)cc5-c5ccc6c(c5)C(C)(C)c5ccccc5-6)cc4)cc3)cc21. The summed E-state index contributed by atoms with van der Waals surface area (Å²) in [7, 11) is 0. The van der Waals surface area contributed by atoms with Crippen molar-refractivity contribution in [1.82, 2.24) is 19.1 Å². The lowest BCUT2D eigenvalue weighted by atomic mass is 9.81. The number of fused-ring (bicyclic) bond motifs is 13. The van der Waals surface area contributed by atoms with E-state index in [1.54, 1.807) is 0 Å². The Balaban J connectivity index is 0.754. The fourth-order valence-electron chi connectivity index (χ4n) is 15.5. The smallest absolute Gasteiger partial charge is 0.0973 e. The van der Waals surface area contributed by atoms with Crippen LogP contribution in [-0.4, -0.2) is 19.1 Å². The van der Waals surface area contributed by atoms with Crippen LogP contribution in [0.5, 0.6) is 0 Å². The Hall–Kier alpha value is -11.2. The fraction of sp³-hybridized carbons (Fsp3) is 0.0698. The van der Waals surface area contributed by atoms with Crippen LogP contribution in [0.1, 0.15) is 49.9 Å². The summed E-state index contributed by atoms with van der Waals surface area (Å²) in [6.45, 7) is 9.47. The summed E-state index contributed by atoms with van der Waals surface area (Å²) in [5.74, 6) is 0. The van der Waals surface area contributed by atoms with Crippen molar-refractivity contribution in [1.29, 1.82) is 0 Å². The standard InChI is InChI=1S/C86H60N4/c1-85(2)73-25-11-5-19-63(73)65-45-41-57(49-75(65)85)71-51-59(89-79-29-15-7-21-67(79)68-22-8-16-30-80(68)89)43-47-61(71)53-33-37-55(38-34-53)83-84(88-78-28-14-13-27-77(78)87-83)56-39-35-54(36-40-56)62-48-44-60(90-81-31-17-9-23-69(81)70-24-10-18-32-82(70)90)52-72(62)58-42-46-66-64-20-6-12-26-74(64)86(3,4)76(66)50-58/h5-52H,1-4H3. The van der Waals surface area contributed by atoms with E-state index in [1.807, 2.05) is 12.1 Å². The zero-order chi connectivity index (χ0) is 60.0. The quantitative estimate of drug-likeness (QED) is 0.152. The van der Waals surface area contributed by atoms with E-state index in [1.165, 1.54) is 110 Å². The topological polar surface area (TPSA) is 35.6 Å². The molecule has 4 nitrogen and oxygen atoms in total. The molecule has 4 heteroatoms. The van der Waals surface area contributed by atoms with Crippen molar-refractivity contribution in [2.45, 2.75) is 38.5 Å². The molecule has 0 unspecified atom stereocenters. The minimum atomic E-state index is -0.148. The lowest BCUT2D eigenvalue weighted by Gasteiger charge is -2.22. The van der Waals surface area contributed by atoms with Crippen LogP contribution in [0.25, 0.3) is 155 Å². The van der Waals surface area contributed by atoms with Gasteiger partial charge in [-0.2, -0.15) is 0 Å². The fourth-order valence-corrected chi connectivity index (χ4v) is 15.5. The van der Waals surface area contributed by atoms with Crippen molar-refractivity contribution in [3.05, 3.63) is 313 Å². The number of hydrogen-bond acceptors (Lipinski definition) is 2. The van der Waals surface area contributed by atoms with Gasteiger partial charge in [0, 0.05) is 54.9 Å². The Morgan fingerprint density at radius 2 is 0.533 bits per heavy atom. The summed E-state index contributed by atoms with van der Waals surface area (Å²) in [5.41, 5.74) is 32.1. The third-order valence-electron chi connectivity index (χ3n) is 20.0. The van der Waals surface area contributed by atoms with Gasteiger partial charge in [-0.15, -0.1) is 0 Å². The van der Waals surface area contributed by atoms with Gasteiger partial charge in [-0.3, -0.25) is 0 Å². The molecule has 90 heavy (non-hydrogen) atoms. The zero-order valence-corrected chi connectivity index (χ0v) is 50.5. The van der Waals surface area contributed by atoms with Gasteiger partial charge in [-0.1, -0.05) is 246 Å². The van der Waals surface area contributed by atoms with Crippen molar-refractivity contribution < 1.29 is 0 Å². The summed E-state index contributed by atoms with van der Waals surface area (Å²) >= 11 is 0. The molecule has 0 amide bonds. The Kier molecular flexibility index (Phi) is 11.3. The minimum Gasteiger partial charge on any atom is -0.309 e. The first kappa shape index (κ1) is 52.0. The summed E-state index contributed by atoms with van der Waals surface area (Å²) in [6.07, 6.45) is 0. The van der Waals surface area contributed by atoms with E-state index in [0.29, 0.717) is 0 Å². The molecule has 18 rings (SSSR count). The van der Waals surface area contributed by atoms with Gasteiger partial charge in [0.05, 0.1) is 44.5 Å². The lowest BCUT2D eigenvalue weighted by molar-refractivity contribution is 0.660. The maximum absolute atomic E-state index is 5.44. The number of aromatic nitrogens is 4. The molecule has 424 valence electrons. The zero-order valence-electron chi connectivity index (χ0n) is 50.5. The number of para-hydroxylation sites is 6. The Morgan fingerprint density at radius 1 is 0.233 bits per heavy atom. The monoisotopic (exact) mass is 1150 g/mol. The van der Waals surface area contributed by atoms with E-state index >= 15 is 0 Å². The second-order valence-electron chi connectivity index (χ2n) is 25.6. The molecule has 3 heterocycles. The summed E-state index contributed by atoms with van der Waals surface area (Å²) in [6, 6.07) is 107. The van der Waals surface area contributed by atoms with Crippen LogP contribution in [-0.2, 0) is 10.8 Å². The average Bonchev–Trinajstić information content (AvgIpc) is 1.66. The molecule has 2 aliphatic carbocycles. The van der Waals surface area contributed by atoms with Crippen molar-refractivity contribution in [3.8, 4) is 101 Å². The molecule has 0 saturated carbocycles. The lowest BCUT2D eigenvalue weighted by Crippen LogP contribution is -2.14. The molecule has 13 aromatic carbocycles. The van der Waals surface area contributed by atoms with Gasteiger partial charge in [0.1, 0.15) is 0 Å². The predicted molar refractivity (Wildman–Crippen MR) is 376 cm³/mol. The Morgan fingerprint density at radius 3 is 0.922 bits per heavy atom. The second-order valence-corrected chi connectivity index (χ2v) is 25.6. The summed E-state index contributed by atoms with van der Waals surface area (Å²) < 4.78 is 4.86. The highest BCUT2D eigenvalue weighted by atomic mass is 15.0. The largest absolute Gasteiger partial charge is 0.309 e. The van der Waals surface area contributed by atoms with E-state index < -0.39 is 0 Å². The third kappa shape index (κ3) is 7.80. The highest BCUT2D eigenvalue weighted by molar-refractivity contribution is 6.11. The van der Waals surface area contributed by atoms with Crippen LogP contribution in [0.15, 0.2) is 291 Å².